The fraction of sp³-hybridized carbons (Fsp3) is 0.462. The van der Waals surface area contributed by atoms with Crippen molar-refractivity contribution in [1.82, 2.24) is 0 Å². The highest BCUT2D eigenvalue weighted by molar-refractivity contribution is 9.10. The molecule has 0 spiro atoms. The standard InChI is InChI=1S/C13H17BrN2O/c1-9-7-11(4-5-12(9)14)16-6-2-3-10(8-16)13(15)17/h4-5,7,10H,2-3,6,8H2,1H3,(H2,15,17). The molecule has 4 heteroatoms. The van der Waals surface area contributed by atoms with E-state index in [-0.39, 0.29) is 11.8 Å². The number of hydrogen-bond acceptors (Lipinski definition) is 2. The maximum atomic E-state index is 11.2. The van der Waals surface area contributed by atoms with E-state index in [4.69, 9.17) is 5.73 Å². The highest BCUT2D eigenvalue weighted by Crippen LogP contribution is 2.26. The minimum Gasteiger partial charge on any atom is -0.371 e. The number of carbonyl (C=O) groups is 1. The zero-order valence-electron chi connectivity index (χ0n) is 9.95. The second kappa shape index (κ2) is 5.08. The van der Waals surface area contributed by atoms with E-state index in [1.165, 1.54) is 11.3 Å². The molecule has 0 bridgehead atoms. The van der Waals surface area contributed by atoms with Gasteiger partial charge in [-0.15, -0.1) is 0 Å². The van der Waals surface area contributed by atoms with Crippen molar-refractivity contribution in [3.05, 3.63) is 28.2 Å². The number of benzene rings is 1. The third-order valence-electron chi connectivity index (χ3n) is 3.33. The molecule has 1 unspecified atom stereocenters. The zero-order chi connectivity index (χ0) is 12.4. The summed E-state index contributed by atoms with van der Waals surface area (Å²) in [6.45, 7) is 3.82. The normalized spacial score (nSPS) is 20.4. The monoisotopic (exact) mass is 296 g/mol. The first-order valence-electron chi connectivity index (χ1n) is 5.88. The molecule has 1 aliphatic heterocycles. The van der Waals surface area contributed by atoms with Gasteiger partial charge in [0.1, 0.15) is 0 Å². The number of nitrogens with two attached hydrogens (primary N) is 1. The van der Waals surface area contributed by atoms with Crippen LogP contribution in [-0.2, 0) is 4.79 Å². The fourth-order valence-electron chi connectivity index (χ4n) is 2.27. The van der Waals surface area contributed by atoms with Gasteiger partial charge in [-0.05, 0) is 43.5 Å². The number of aryl methyl sites for hydroxylation is 1. The summed E-state index contributed by atoms with van der Waals surface area (Å²) in [6, 6.07) is 6.28. The largest absolute Gasteiger partial charge is 0.371 e. The first-order valence-corrected chi connectivity index (χ1v) is 6.67. The summed E-state index contributed by atoms with van der Waals surface area (Å²) in [5.41, 5.74) is 7.78. The molecular formula is C13H17BrN2O. The Balaban J connectivity index is 2.16. The second-order valence-electron chi connectivity index (χ2n) is 4.62. The van der Waals surface area contributed by atoms with Gasteiger partial charge < -0.3 is 10.6 Å². The number of hydrogen-bond donors (Lipinski definition) is 1. The molecule has 0 saturated carbocycles. The number of anilines is 1. The van der Waals surface area contributed by atoms with Gasteiger partial charge >= 0.3 is 0 Å². The summed E-state index contributed by atoms with van der Waals surface area (Å²) in [7, 11) is 0. The van der Waals surface area contributed by atoms with E-state index >= 15 is 0 Å². The summed E-state index contributed by atoms with van der Waals surface area (Å²) in [6.07, 6.45) is 1.95. The first kappa shape index (κ1) is 12.4. The molecule has 1 saturated heterocycles. The lowest BCUT2D eigenvalue weighted by molar-refractivity contribution is -0.122. The van der Waals surface area contributed by atoms with Gasteiger partial charge in [0.15, 0.2) is 0 Å². The summed E-state index contributed by atoms with van der Waals surface area (Å²) >= 11 is 3.50. The number of amides is 1. The van der Waals surface area contributed by atoms with E-state index in [1.54, 1.807) is 0 Å². The molecule has 1 aliphatic rings. The Kier molecular flexibility index (Phi) is 3.72. The Labute approximate surface area is 110 Å². The molecule has 2 rings (SSSR count). The summed E-state index contributed by atoms with van der Waals surface area (Å²) in [5, 5.41) is 0. The average molecular weight is 297 g/mol. The summed E-state index contributed by atoms with van der Waals surface area (Å²) in [4.78, 5) is 13.5. The van der Waals surface area contributed by atoms with Crippen LogP contribution in [0, 0.1) is 12.8 Å². The van der Waals surface area contributed by atoms with Crippen molar-refractivity contribution in [2.24, 2.45) is 11.7 Å². The van der Waals surface area contributed by atoms with Crippen LogP contribution in [0.1, 0.15) is 18.4 Å². The third kappa shape index (κ3) is 2.80. The Bertz CT molecular complexity index is 433. The Morgan fingerprint density at radius 3 is 2.94 bits per heavy atom. The first-order chi connectivity index (χ1) is 8.08. The third-order valence-corrected chi connectivity index (χ3v) is 4.22. The van der Waals surface area contributed by atoms with E-state index in [1.807, 2.05) is 0 Å². The van der Waals surface area contributed by atoms with E-state index in [2.05, 4.69) is 46.0 Å². The van der Waals surface area contributed by atoms with Crippen LogP contribution in [-0.4, -0.2) is 19.0 Å². The summed E-state index contributed by atoms with van der Waals surface area (Å²) < 4.78 is 1.12. The van der Waals surface area contributed by atoms with Crippen LogP contribution in [0.25, 0.3) is 0 Å². The number of piperidine rings is 1. The number of halogens is 1. The van der Waals surface area contributed by atoms with Crippen molar-refractivity contribution < 1.29 is 4.79 Å². The molecule has 0 aliphatic carbocycles. The number of carbonyl (C=O) groups excluding carboxylic acids is 1. The lowest BCUT2D eigenvalue weighted by Gasteiger charge is -2.33. The van der Waals surface area contributed by atoms with Crippen molar-refractivity contribution in [2.45, 2.75) is 19.8 Å². The number of nitrogens with zero attached hydrogens (tertiary/aromatic N) is 1. The van der Waals surface area contributed by atoms with Crippen molar-refractivity contribution in [1.29, 1.82) is 0 Å². The topological polar surface area (TPSA) is 46.3 Å². The van der Waals surface area contributed by atoms with Crippen molar-refractivity contribution >= 4 is 27.5 Å². The van der Waals surface area contributed by atoms with Crippen LogP contribution >= 0.6 is 15.9 Å². The molecule has 1 aromatic rings. The van der Waals surface area contributed by atoms with Gasteiger partial charge in [0, 0.05) is 23.2 Å². The SMILES string of the molecule is Cc1cc(N2CCCC(C(N)=O)C2)ccc1Br. The van der Waals surface area contributed by atoms with E-state index in [0.717, 1.165) is 30.4 Å². The summed E-state index contributed by atoms with van der Waals surface area (Å²) in [5.74, 6) is -0.184. The van der Waals surface area contributed by atoms with Gasteiger partial charge in [-0.3, -0.25) is 4.79 Å². The smallest absolute Gasteiger partial charge is 0.222 e. The molecule has 1 fully saturated rings. The molecule has 1 atom stereocenters. The molecule has 92 valence electrons. The molecule has 17 heavy (non-hydrogen) atoms. The highest BCUT2D eigenvalue weighted by atomic mass is 79.9. The van der Waals surface area contributed by atoms with Crippen molar-refractivity contribution in [3.63, 3.8) is 0 Å². The lowest BCUT2D eigenvalue weighted by atomic mass is 9.97. The number of primary amides is 1. The van der Waals surface area contributed by atoms with Gasteiger partial charge in [0.2, 0.25) is 5.91 Å². The molecular weight excluding hydrogens is 280 g/mol. The molecule has 1 heterocycles. The Morgan fingerprint density at radius 2 is 2.29 bits per heavy atom. The van der Waals surface area contributed by atoms with Gasteiger partial charge in [0.05, 0.1) is 5.92 Å². The average Bonchev–Trinajstić information content (AvgIpc) is 2.33. The van der Waals surface area contributed by atoms with Gasteiger partial charge in [0.25, 0.3) is 0 Å². The zero-order valence-corrected chi connectivity index (χ0v) is 11.5. The molecule has 2 N–H and O–H groups in total. The van der Waals surface area contributed by atoms with E-state index in [9.17, 15) is 4.79 Å². The second-order valence-corrected chi connectivity index (χ2v) is 5.48. The van der Waals surface area contributed by atoms with Crippen LogP contribution in [0.5, 0.6) is 0 Å². The Hall–Kier alpha value is -1.03. The minimum atomic E-state index is -0.177. The predicted octanol–water partition coefficient (Wildman–Crippen LogP) is 2.46. The Morgan fingerprint density at radius 1 is 1.53 bits per heavy atom. The van der Waals surface area contributed by atoms with Crippen LogP contribution in [0.15, 0.2) is 22.7 Å². The van der Waals surface area contributed by atoms with Gasteiger partial charge in [-0.1, -0.05) is 15.9 Å². The predicted molar refractivity (Wildman–Crippen MR) is 73.0 cm³/mol. The molecule has 1 aromatic carbocycles. The fourth-order valence-corrected chi connectivity index (χ4v) is 2.52. The quantitative estimate of drug-likeness (QED) is 0.911. The van der Waals surface area contributed by atoms with E-state index < -0.39 is 0 Å². The lowest BCUT2D eigenvalue weighted by Crippen LogP contribution is -2.41. The number of rotatable bonds is 2. The molecule has 3 nitrogen and oxygen atoms in total. The minimum absolute atomic E-state index is 0.00676. The molecule has 1 amide bonds. The van der Waals surface area contributed by atoms with Crippen LogP contribution in [0.4, 0.5) is 5.69 Å². The molecule has 0 aromatic heterocycles. The molecule has 0 radical (unpaired) electrons. The van der Waals surface area contributed by atoms with Crippen molar-refractivity contribution in [2.75, 3.05) is 18.0 Å². The maximum absolute atomic E-state index is 11.2. The maximum Gasteiger partial charge on any atom is 0.222 e. The van der Waals surface area contributed by atoms with Crippen LogP contribution < -0.4 is 10.6 Å². The highest BCUT2D eigenvalue weighted by Gasteiger charge is 2.24. The van der Waals surface area contributed by atoms with Gasteiger partial charge in [-0.2, -0.15) is 0 Å². The van der Waals surface area contributed by atoms with Gasteiger partial charge in [-0.25, -0.2) is 0 Å². The van der Waals surface area contributed by atoms with Crippen LogP contribution in [0.3, 0.4) is 0 Å². The van der Waals surface area contributed by atoms with E-state index in [0.29, 0.717) is 0 Å². The van der Waals surface area contributed by atoms with Crippen LogP contribution in [0.2, 0.25) is 0 Å². The van der Waals surface area contributed by atoms with Crippen molar-refractivity contribution in [3.8, 4) is 0 Å².